The van der Waals surface area contributed by atoms with Crippen LogP contribution in [-0.2, 0) is 9.53 Å². The highest BCUT2D eigenvalue weighted by molar-refractivity contribution is 5.49. The van der Waals surface area contributed by atoms with Crippen molar-refractivity contribution in [3.05, 3.63) is 0 Å². The summed E-state index contributed by atoms with van der Waals surface area (Å²) in [7, 11) is 0. The zero-order chi connectivity index (χ0) is 16.2. The quantitative estimate of drug-likeness (QED) is 0.607. The molecule has 0 saturated carbocycles. The van der Waals surface area contributed by atoms with Crippen molar-refractivity contribution in [2.45, 2.75) is 78.5 Å². The molecule has 5 heteroatoms. The number of aldehydes is 1. The first kappa shape index (κ1) is 21.7. The molecule has 0 aliphatic carbocycles. The number of carbonyl (C=O) groups excluding carboxylic acids is 1. The van der Waals surface area contributed by atoms with Crippen LogP contribution in [0.25, 0.3) is 0 Å². The molecule has 20 heavy (non-hydrogen) atoms. The summed E-state index contributed by atoms with van der Waals surface area (Å²) in [4.78, 5) is 10.3. The van der Waals surface area contributed by atoms with Crippen LogP contribution in [0.2, 0.25) is 0 Å². The van der Waals surface area contributed by atoms with Crippen LogP contribution in [0, 0.1) is 5.92 Å². The number of alkyl halides is 3. The highest BCUT2D eigenvalue weighted by atomic mass is 19.4. The van der Waals surface area contributed by atoms with Gasteiger partial charge in [0.15, 0.2) is 0 Å². The molecule has 0 N–H and O–H groups in total. The van der Waals surface area contributed by atoms with Gasteiger partial charge in [-0.25, -0.2) is 0 Å². The van der Waals surface area contributed by atoms with Gasteiger partial charge in [-0.05, 0) is 39.5 Å². The van der Waals surface area contributed by atoms with Gasteiger partial charge in [0.1, 0.15) is 6.29 Å². The summed E-state index contributed by atoms with van der Waals surface area (Å²) in [5, 5.41) is 0. The third-order valence-electron chi connectivity index (χ3n) is 2.54. The van der Waals surface area contributed by atoms with Crippen molar-refractivity contribution in [3.8, 4) is 0 Å². The topological polar surface area (TPSA) is 26.3 Å². The van der Waals surface area contributed by atoms with Crippen LogP contribution in [0.5, 0.6) is 0 Å². The van der Waals surface area contributed by atoms with Crippen LogP contribution in [0.3, 0.4) is 0 Å². The molecule has 0 spiro atoms. The van der Waals surface area contributed by atoms with Crippen LogP contribution in [0.15, 0.2) is 0 Å². The van der Waals surface area contributed by atoms with Gasteiger partial charge in [0.25, 0.3) is 0 Å². The Morgan fingerprint density at radius 3 is 1.90 bits per heavy atom. The molecule has 0 aromatic heterocycles. The zero-order valence-corrected chi connectivity index (χ0v) is 13.3. The van der Waals surface area contributed by atoms with Gasteiger partial charge in [-0.1, -0.05) is 20.3 Å². The van der Waals surface area contributed by atoms with E-state index in [0.717, 1.165) is 39.1 Å². The molecule has 122 valence electrons. The maximum atomic E-state index is 10.8. The van der Waals surface area contributed by atoms with Gasteiger partial charge in [-0.15, -0.1) is 0 Å². The lowest BCUT2D eigenvalue weighted by molar-refractivity contribution is -0.130. The van der Waals surface area contributed by atoms with Gasteiger partial charge in [0.05, 0.1) is 12.2 Å². The minimum Gasteiger partial charge on any atom is -0.376 e. The molecule has 0 saturated heterocycles. The van der Waals surface area contributed by atoms with E-state index in [1.807, 2.05) is 0 Å². The Hall–Kier alpha value is -0.580. The first-order valence-corrected chi connectivity index (χ1v) is 7.20. The summed E-state index contributed by atoms with van der Waals surface area (Å²) in [5.74, 6) is 0.546. The zero-order valence-electron chi connectivity index (χ0n) is 13.3. The predicted octanol–water partition coefficient (Wildman–Crippen LogP) is 5.16. The fraction of sp³-hybridized carbons (Fsp3) is 0.933. The standard InChI is InChI=1S/C12H24O2.C3H5F3/c1-5-7-11(8-6-9-13)10-14-12(2,3)4;1-2-3(4,5)6/h9,11H,5-8,10H2,1-4H3;2H2,1H3. The fourth-order valence-corrected chi connectivity index (χ4v) is 1.39. The third kappa shape index (κ3) is 19.8. The molecule has 0 aliphatic rings. The monoisotopic (exact) mass is 298 g/mol. The first-order valence-electron chi connectivity index (χ1n) is 7.20. The molecule has 0 rings (SSSR count). The maximum absolute atomic E-state index is 10.8. The molecule has 0 fully saturated rings. The molecule has 1 unspecified atom stereocenters. The molecule has 0 aromatic carbocycles. The molecule has 0 radical (unpaired) electrons. The molecule has 1 atom stereocenters. The van der Waals surface area contributed by atoms with E-state index in [0.29, 0.717) is 12.3 Å². The molecule has 0 bridgehead atoms. The Balaban J connectivity index is 0. The highest BCUT2D eigenvalue weighted by Crippen LogP contribution is 2.18. The Morgan fingerprint density at radius 1 is 1.10 bits per heavy atom. The number of rotatable bonds is 7. The maximum Gasteiger partial charge on any atom is 0.388 e. The minimum atomic E-state index is -3.96. The molecule has 0 amide bonds. The van der Waals surface area contributed by atoms with Gasteiger partial charge in [-0.3, -0.25) is 0 Å². The van der Waals surface area contributed by atoms with Crippen molar-refractivity contribution < 1.29 is 22.7 Å². The second-order valence-electron chi connectivity index (χ2n) is 5.79. The van der Waals surface area contributed by atoms with E-state index in [4.69, 9.17) is 4.74 Å². The van der Waals surface area contributed by atoms with Crippen molar-refractivity contribution in [3.63, 3.8) is 0 Å². The van der Waals surface area contributed by atoms with Crippen molar-refractivity contribution in [2.75, 3.05) is 6.61 Å². The van der Waals surface area contributed by atoms with Crippen LogP contribution < -0.4 is 0 Å². The van der Waals surface area contributed by atoms with E-state index < -0.39 is 12.6 Å². The largest absolute Gasteiger partial charge is 0.388 e. The van der Waals surface area contributed by atoms with Gasteiger partial charge in [0, 0.05) is 12.8 Å². The average Bonchev–Trinajstić information content (AvgIpc) is 2.31. The fourth-order valence-electron chi connectivity index (χ4n) is 1.39. The molecule has 0 aliphatic heterocycles. The van der Waals surface area contributed by atoms with Crippen molar-refractivity contribution in [1.29, 1.82) is 0 Å². The Kier molecular flexibility index (Phi) is 12.1. The normalized spacial score (nSPS) is 13.4. The van der Waals surface area contributed by atoms with Crippen molar-refractivity contribution in [1.82, 2.24) is 0 Å². The summed E-state index contributed by atoms with van der Waals surface area (Å²) in [6.07, 6.45) is 0.263. The van der Waals surface area contributed by atoms with E-state index in [1.54, 1.807) is 0 Å². The number of halogens is 3. The number of hydrogen-bond donors (Lipinski definition) is 0. The molecular formula is C15H29F3O2. The summed E-state index contributed by atoms with van der Waals surface area (Å²) < 4.78 is 38.1. The first-order chi connectivity index (χ1) is 9.05. The second-order valence-corrected chi connectivity index (χ2v) is 5.79. The highest BCUT2D eigenvalue weighted by Gasteiger charge is 2.22. The Morgan fingerprint density at radius 2 is 1.60 bits per heavy atom. The summed E-state index contributed by atoms with van der Waals surface area (Å²) in [5.41, 5.74) is -0.0623. The second kappa shape index (κ2) is 11.1. The number of ether oxygens (including phenoxy) is 1. The lowest BCUT2D eigenvalue weighted by atomic mass is 9.99. The van der Waals surface area contributed by atoms with Gasteiger partial charge in [0.2, 0.25) is 0 Å². The predicted molar refractivity (Wildman–Crippen MR) is 75.7 cm³/mol. The van der Waals surface area contributed by atoms with E-state index in [-0.39, 0.29) is 5.60 Å². The SMILES string of the molecule is CCC(F)(F)F.CCCC(CCC=O)COC(C)(C)C. The van der Waals surface area contributed by atoms with E-state index in [1.165, 1.54) is 0 Å². The molecule has 0 aromatic rings. The van der Waals surface area contributed by atoms with Crippen LogP contribution in [-0.4, -0.2) is 24.7 Å². The van der Waals surface area contributed by atoms with Gasteiger partial charge >= 0.3 is 6.18 Å². The smallest absolute Gasteiger partial charge is 0.376 e. The Labute approximate surface area is 121 Å². The van der Waals surface area contributed by atoms with Crippen LogP contribution >= 0.6 is 0 Å². The van der Waals surface area contributed by atoms with Gasteiger partial charge in [-0.2, -0.15) is 13.2 Å². The lowest BCUT2D eigenvalue weighted by Crippen LogP contribution is -2.23. The molecule has 2 nitrogen and oxygen atoms in total. The number of carbonyl (C=O) groups is 1. The minimum absolute atomic E-state index is 0.0623. The van der Waals surface area contributed by atoms with Gasteiger partial charge < -0.3 is 9.53 Å². The number of hydrogen-bond acceptors (Lipinski definition) is 2. The third-order valence-corrected chi connectivity index (χ3v) is 2.54. The lowest BCUT2D eigenvalue weighted by Gasteiger charge is -2.24. The summed E-state index contributed by atoms with van der Waals surface area (Å²) in [6, 6.07) is 0. The van der Waals surface area contributed by atoms with Crippen molar-refractivity contribution in [2.24, 2.45) is 5.92 Å². The summed E-state index contributed by atoms with van der Waals surface area (Å²) >= 11 is 0. The van der Waals surface area contributed by atoms with E-state index in [2.05, 4.69) is 27.7 Å². The Bertz CT molecular complexity index is 232. The van der Waals surface area contributed by atoms with E-state index in [9.17, 15) is 18.0 Å². The van der Waals surface area contributed by atoms with Crippen LogP contribution in [0.1, 0.15) is 66.7 Å². The van der Waals surface area contributed by atoms with Crippen LogP contribution in [0.4, 0.5) is 13.2 Å². The van der Waals surface area contributed by atoms with E-state index >= 15 is 0 Å². The average molecular weight is 298 g/mol. The molecule has 0 heterocycles. The molecular weight excluding hydrogens is 269 g/mol. The van der Waals surface area contributed by atoms with Crippen molar-refractivity contribution >= 4 is 6.29 Å². The summed E-state index contributed by atoms with van der Waals surface area (Å²) in [6.45, 7) is 10.2.